The highest BCUT2D eigenvalue weighted by Crippen LogP contribution is 2.39. The van der Waals surface area contributed by atoms with Crippen LogP contribution in [0.1, 0.15) is 12.0 Å². The molecule has 2 aromatic rings. The first-order valence-electron chi connectivity index (χ1n) is 5.44. The van der Waals surface area contributed by atoms with Crippen LogP contribution in [0.3, 0.4) is 0 Å². The van der Waals surface area contributed by atoms with Gasteiger partial charge in [-0.2, -0.15) is 0 Å². The zero-order chi connectivity index (χ0) is 14.0. The van der Waals surface area contributed by atoms with Gasteiger partial charge in [-0.1, -0.05) is 35.3 Å². The molecule has 0 aliphatic rings. The first kappa shape index (κ1) is 14.1. The van der Waals surface area contributed by atoms with E-state index in [2.05, 4.69) is 0 Å². The predicted molar refractivity (Wildman–Crippen MR) is 73.4 cm³/mol. The average Bonchev–Trinajstić information content (AvgIpc) is 2.36. The van der Waals surface area contributed by atoms with Crippen molar-refractivity contribution in [2.24, 2.45) is 0 Å². The number of alkyl halides is 2. The topological polar surface area (TPSA) is 9.23 Å². The van der Waals surface area contributed by atoms with Gasteiger partial charge in [0.2, 0.25) is 0 Å². The number of ether oxygens (including phenoxy) is 1. The van der Waals surface area contributed by atoms with Crippen molar-refractivity contribution in [1.82, 2.24) is 0 Å². The summed E-state index contributed by atoms with van der Waals surface area (Å²) in [6.07, 6.45) is -2.65. The number of hydrogen-bond acceptors (Lipinski definition) is 1. The molecule has 0 saturated carbocycles. The molecule has 0 aliphatic carbocycles. The minimum atomic E-state index is -2.65. The van der Waals surface area contributed by atoms with E-state index >= 15 is 0 Å². The van der Waals surface area contributed by atoms with Crippen molar-refractivity contribution in [2.45, 2.75) is 6.43 Å². The van der Waals surface area contributed by atoms with Crippen LogP contribution in [0.25, 0.3) is 11.1 Å². The second-order valence-corrected chi connectivity index (χ2v) is 4.75. The van der Waals surface area contributed by atoms with Gasteiger partial charge in [0.1, 0.15) is 5.75 Å². The van der Waals surface area contributed by atoms with Gasteiger partial charge in [0, 0.05) is 10.0 Å². The fourth-order valence-corrected chi connectivity index (χ4v) is 2.43. The van der Waals surface area contributed by atoms with Crippen LogP contribution in [0.4, 0.5) is 8.78 Å². The molecule has 0 aliphatic heterocycles. The fraction of sp³-hybridized carbons (Fsp3) is 0.143. The van der Waals surface area contributed by atoms with Crippen LogP contribution in [-0.4, -0.2) is 7.11 Å². The van der Waals surface area contributed by atoms with Gasteiger partial charge in [-0.3, -0.25) is 0 Å². The Hall–Kier alpha value is -1.32. The van der Waals surface area contributed by atoms with E-state index in [0.717, 1.165) is 0 Å². The number of rotatable bonds is 3. The Morgan fingerprint density at radius 2 is 1.68 bits per heavy atom. The van der Waals surface area contributed by atoms with E-state index in [1.807, 2.05) is 0 Å². The first-order valence-corrected chi connectivity index (χ1v) is 6.20. The van der Waals surface area contributed by atoms with Crippen molar-refractivity contribution in [3.8, 4) is 16.9 Å². The summed E-state index contributed by atoms with van der Waals surface area (Å²) in [5.74, 6) is 0.142. The lowest BCUT2D eigenvalue weighted by atomic mass is 9.99. The van der Waals surface area contributed by atoms with Crippen molar-refractivity contribution in [2.75, 3.05) is 7.11 Å². The summed E-state index contributed by atoms with van der Waals surface area (Å²) in [7, 11) is 1.36. The zero-order valence-corrected chi connectivity index (χ0v) is 11.5. The third-order valence-corrected chi connectivity index (χ3v) is 3.11. The van der Waals surface area contributed by atoms with Gasteiger partial charge in [-0.05, 0) is 35.4 Å². The van der Waals surface area contributed by atoms with E-state index in [-0.39, 0.29) is 11.3 Å². The van der Waals surface area contributed by atoms with Crippen LogP contribution in [0.2, 0.25) is 10.0 Å². The molecule has 2 aromatic carbocycles. The highest BCUT2D eigenvalue weighted by Gasteiger charge is 2.19. The summed E-state index contributed by atoms with van der Waals surface area (Å²) >= 11 is 11.8. The van der Waals surface area contributed by atoms with Crippen molar-refractivity contribution in [3.63, 3.8) is 0 Å². The molecule has 0 unspecified atom stereocenters. The van der Waals surface area contributed by atoms with Gasteiger partial charge in [0.05, 0.1) is 12.7 Å². The summed E-state index contributed by atoms with van der Waals surface area (Å²) in [6, 6.07) is 9.47. The molecule has 1 nitrogen and oxygen atoms in total. The Morgan fingerprint density at radius 3 is 2.21 bits per heavy atom. The molecule has 0 heterocycles. The quantitative estimate of drug-likeness (QED) is 0.716. The van der Waals surface area contributed by atoms with Crippen molar-refractivity contribution < 1.29 is 13.5 Å². The van der Waals surface area contributed by atoms with E-state index in [0.29, 0.717) is 21.2 Å². The van der Waals surface area contributed by atoms with Gasteiger partial charge >= 0.3 is 0 Å². The molecule has 5 heteroatoms. The minimum Gasteiger partial charge on any atom is -0.496 e. The molecule has 0 fully saturated rings. The fourth-order valence-electron chi connectivity index (χ4n) is 1.91. The number of methoxy groups -OCH3 is 1. The third-order valence-electron chi connectivity index (χ3n) is 2.68. The molecule has 0 aromatic heterocycles. The van der Waals surface area contributed by atoms with Crippen LogP contribution in [0.5, 0.6) is 5.75 Å². The van der Waals surface area contributed by atoms with E-state index in [1.54, 1.807) is 30.3 Å². The maximum absolute atomic E-state index is 13.2. The third kappa shape index (κ3) is 2.99. The monoisotopic (exact) mass is 302 g/mol. The van der Waals surface area contributed by atoms with E-state index < -0.39 is 6.43 Å². The van der Waals surface area contributed by atoms with Crippen LogP contribution in [0, 0.1) is 0 Å². The Labute approximate surface area is 119 Å². The lowest BCUT2D eigenvalue weighted by molar-refractivity contribution is 0.148. The number of halogens is 4. The van der Waals surface area contributed by atoms with Gasteiger partial charge in [-0.15, -0.1) is 0 Å². The summed E-state index contributed by atoms with van der Waals surface area (Å²) in [6.45, 7) is 0. The molecule has 0 atom stereocenters. The first-order chi connectivity index (χ1) is 9.02. The molecule has 19 heavy (non-hydrogen) atoms. The summed E-state index contributed by atoms with van der Waals surface area (Å²) in [5, 5.41) is 0.788. The second kappa shape index (κ2) is 5.76. The van der Waals surface area contributed by atoms with Crippen molar-refractivity contribution >= 4 is 23.2 Å². The van der Waals surface area contributed by atoms with E-state index in [4.69, 9.17) is 27.9 Å². The van der Waals surface area contributed by atoms with Gasteiger partial charge in [-0.25, -0.2) is 8.78 Å². The SMILES string of the molecule is COc1cccc(-c2cc(Cl)cc(Cl)c2)c1C(F)F. The highest BCUT2D eigenvalue weighted by molar-refractivity contribution is 6.35. The Morgan fingerprint density at radius 1 is 1.05 bits per heavy atom. The standard InChI is InChI=1S/C14H10Cl2F2O/c1-19-12-4-2-3-11(13(12)14(17)18)8-5-9(15)7-10(16)6-8/h2-7,14H,1H3. The average molecular weight is 303 g/mol. The Bertz CT molecular complexity index is 580. The Kier molecular flexibility index (Phi) is 4.27. The summed E-state index contributed by atoms with van der Waals surface area (Å²) in [5.41, 5.74) is 0.730. The van der Waals surface area contributed by atoms with Gasteiger partial charge < -0.3 is 4.74 Å². The highest BCUT2D eigenvalue weighted by atomic mass is 35.5. The second-order valence-electron chi connectivity index (χ2n) is 3.88. The Balaban J connectivity index is 2.67. The smallest absolute Gasteiger partial charge is 0.268 e. The molecule has 0 radical (unpaired) electrons. The molecule has 0 bridgehead atoms. The largest absolute Gasteiger partial charge is 0.496 e. The summed E-state index contributed by atoms with van der Waals surface area (Å²) < 4.78 is 31.4. The molecule has 100 valence electrons. The van der Waals surface area contributed by atoms with Gasteiger partial charge in [0.15, 0.2) is 0 Å². The molecule has 2 rings (SSSR count). The number of benzene rings is 2. The van der Waals surface area contributed by atoms with Crippen LogP contribution in [0.15, 0.2) is 36.4 Å². The van der Waals surface area contributed by atoms with E-state index in [9.17, 15) is 8.78 Å². The molecular formula is C14H10Cl2F2O. The van der Waals surface area contributed by atoms with E-state index in [1.165, 1.54) is 13.2 Å². The molecule has 0 saturated heterocycles. The van der Waals surface area contributed by atoms with Crippen molar-refractivity contribution in [3.05, 3.63) is 52.0 Å². The molecule has 0 spiro atoms. The lowest BCUT2D eigenvalue weighted by Crippen LogP contribution is -1.96. The lowest BCUT2D eigenvalue weighted by Gasteiger charge is -2.14. The minimum absolute atomic E-state index is 0.142. The predicted octanol–water partition coefficient (Wildman–Crippen LogP) is 5.61. The molecular weight excluding hydrogens is 293 g/mol. The maximum Gasteiger partial charge on any atom is 0.268 e. The van der Waals surface area contributed by atoms with Crippen LogP contribution < -0.4 is 4.74 Å². The molecule has 0 amide bonds. The van der Waals surface area contributed by atoms with Crippen LogP contribution in [-0.2, 0) is 0 Å². The maximum atomic E-state index is 13.2. The van der Waals surface area contributed by atoms with Gasteiger partial charge in [0.25, 0.3) is 6.43 Å². The normalized spacial score (nSPS) is 10.8. The van der Waals surface area contributed by atoms with Crippen molar-refractivity contribution in [1.29, 1.82) is 0 Å². The number of hydrogen-bond donors (Lipinski definition) is 0. The zero-order valence-electron chi connectivity index (χ0n) is 9.96. The molecule has 0 N–H and O–H groups in total. The summed E-state index contributed by atoms with van der Waals surface area (Å²) in [4.78, 5) is 0. The van der Waals surface area contributed by atoms with Crippen LogP contribution >= 0.6 is 23.2 Å².